The van der Waals surface area contributed by atoms with Crippen molar-refractivity contribution < 1.29 is 18.7 Å². The summed E-state index contributed by atoms with van der Waals surface area (Å²) in [7, 11) is 0. The van der Waals surface area contributed by atoms with Crippen LogP contribution >= 0.6 is 0 Å². The van der Waals surface area contributed by atoms with Gasteiger partial charge in [-0.2, -0.15) is 0 Å². The Labute approximate surface area is 169 Å². The van der Waals surface area contributed by atoms with Crippen molar-refractivity contribution in [3.05, 3.63) is 60.2 Å². The van der Waals surface area contributed by atoms with Crippen LogP contribution in [0.5, 0.6) is 5.75 Å². The van der Waals surface area contributed by atoms with Crippen LogP contribution in [0.4, 0.5) is 4.39 Å². The Hall–Kier alpha value is -2.96. The molecular weight excluding hydrogens is 373 g/mol. The van der Waals surface area contributed by atoms with Crippen molar-refractivity contribution in [1.82, 2.24) is 15.6 Å². The van der Waals surface area contributed by atoms with Gasteiger partial charge in [-0.05, 0) is 74.1 Å². The van der Waals surface area contributed by atoms with Crippen molar-refractivity contribution in [2.24, 2.45) is 0 Å². The maximum atomic E-state index is 12.9. The van der Waals surface area contributed by atoms with Gasteiger partial charge >= 0.3 is 0 Å². The third kappa shape index (κ3) is 7.18. The monoisotopic (exact) mass is 399 g/mol. The van der Waals surface area contributed by atoms with Gasteiger partial charge in [-0.1, -0.05) is 0 Å². The summed E-state index contributed by atoms with van der Waals surface area (Å²) in [4.78, 5) is 28.3. The van der Waals surface area contributed by atoms with E-state index in [2.05, 4.69) is 15.6 Å². The lowest BCUT2D eigenvalue weighted by molar-refractivity contribution is -0.124. The number of pyridine rings is 1. The lowest BCUT2D eigenvalue weighted by Gasteiger charge is -2.30. The summed E-state index contributed by atoms with van der Waals surface area (Å²) >= 11 is 0. The zero-order valence-corrected chi connectivity index (χ0v) is 16.3. The van der Waals surface area contributed by atoms with E-state index >= 15 is 0 Å². The number of rotatable bonds is 8. The van der Waals surface area contributed by atoms with E-state index in [9.17, 15) is 14.0 Å². The van der Waals surface area contributed by atoms with Gasteiger partial charge in [0, 0.05) is 30.9 Å². The number of aryl methyl sites for hydroxylation is 1. The summed E-state index contributed by atoms with van der Waals surface area (Å²) in [5, 5.41) is 6.05. The number of aromatic nitrogens is 1. The minimum absolute atomic E-state index is 0.0126. The normalized spacial score (nSPS) is 18.7. The molecule has 0 saturated heterocycles. The fourth-order valence-electron chi connectivity index (χ4n) is 3.51. The molecule has 0 spiro atoms. The highest BCUT2D eigenvalue weighted by Crippen LogP contribution is 2.19. The fourth-order valence-corrected chi connectivity index (χ4v) is 3.51. The van der Waals surface area contributed by atoms with E-state index in [1.54, 1.807) is 12.4 Å². The van der Waals surface area contributed by atoms with Crippen LogP contribution in [0.1, 0.15) is 37.7 Å². The summed E-state index contributed by atoms with van der Waals surface area (Å²) in [6.45, 7) is -0.120. The van der Waals surface area contributed by atoms with E-state index in [4.69, 9.17) is 4.74 Å². The van der Waals surface area contributed by atoms with Gasteiger partial charge in [0.15, 0.2) is 6.61 Å². The van der Waals surface area contributed by atoms with Gasteiger partial charge in [0.1, 0.15) is 11.6 Å². The third-order valence-corrected chi connectivity index (χ3v) is 4.98. The zero-order valence-electron chi connectivity index (χ0n) is 16.3. The second-order valence-electron chi connectivity index (χ2n) is 7.29. The highest BCUT2D eigenvalue weighted by Gasteiger charge is 2.24. The molecule has 0 aliphatic heterocycles. The Morgan fingerprint density at radius 3 is 2.34 bits per heavy atom. The van der Waals surface area contributed by atoms with Crippen LogP contribution in [-0.2, 0) is 16.0 Å². The molecule has 2 atom stereocenters. The number of nitrogens with one attached hydrogen (secondary N) is 2. The Kier molecular flexibility index (Phi) is 7.55. The molecule has 2 aromatic rings. The van der Waals surface area contributed by atoms with E-state index in [1.165, 1.54) is 24.3 Å². The average Bonchev–Trinajstić information content (AvgIpc) is 2.73. The third-order valence-electron chi connectivity index (χ3n) is 4.98. The highest BCUT2D eigenvalue weighted by molar-refractivity contribution is 5.78. The molecular formula is C22H26FN3O3. The number of amides is 2. The highest BCUT2D eigenvalue weighted by atomic mass is 19.1. The van der Waals surface area contributed by atoms with Crippen molar-refractivity contribution in [2.75, 3.05) is 6.61 Å². The molecule has 0 bridgehead atoms. The van der Waals surface area contributed by atoms with Crippen LogP contribution in [-0.4, -0.2) is 35.5 Å². The van der Waals surface area contributed by atoms with Crippen molar-refractivity contribution >= 4 is 11.8 Å². The van der Waals surface area contributed by atoms with Crippen LogP contribution in [0.3, 0.4) is 0 Å². The molecule has 6 nitrogen and oxygen atoms in total. The molecule has 3 rings (SSSR count). The van der Waals surface area contributed by atoms with Crippen LogP contribution in [0.2, 0.25) is 0 Å². The summed E-state index contributed by atoms with van der Waals surface area (Å²) in [6, 6.07) is 9.45. The van der Waals surface area contributed by atoms with Crippen LogP contribution < -0.4 is 15.4 Å². The van der Waals surface area contributed by atoms with Crippen LogP contribution in [0, 0.1) is 5.82 Å². The van der Waals surface area contributed by atoms with E-state index in [0.717, 1.165) is 24.8 Å². The molecule has 0 radical (unpaired) electrons. The molecule has 1 aromatic heterocycles. The number of carbonyl (C=O) groups excluding carboxylic acids is 2. The number of nitrogens with zero attached hydrogens (tertiary/aromatic N) is 1. The summed E-state index contributed by atoms with van der Waals surface area (Å²) in [6.07, 6.45) is 8.02. The van der Waals surface area contributed by atoms with E-state index in [0.29, 0.717) is 25.0 Å². The Morgan fingerprint density at radius 1 is 1.00 bits per heavy atom. The number of hydrogen-bond acceptors (Lipinski definition) is 4. The van der Waals surface area contributed by atoms with E-state index in [-0.39, 0.29) is 36.3 Å². The van der Waals surface area contributed by atoms with Crippen molar-refractivity contribution in [3.8, 4) is 5.75 Å². The van der Waals surface area contributed by atoms with Gasteiger partial charge in [-0.15, -0.1) is 0 Å². The molecule has 0 unspecified atom stereocenters. The summed E-state index contributed by atoms with van der Waals surface area (Å²) in [5.74, 6) is -0.0928. The number of benzene rings is 1. The second kappa shape index (κ2) is 10.5. The maximum absolute atomic E-state index is 12.9. The molecule has 2 amide bonds. The maximum Gasteiger partial charge on any atom is 0.258 e. The van der Waals surface area contributed by atoms with Crippen molar-refractivity contribution in [1.29, 1.82) is 0 Å². The smallest absolute Gasteiger partial charge is 0.258 e. The average molecular weight is 399 g/mol. The quantitative estimate of drug-likeness (QED) is 0.715. The molecule has 1 fully saturated rings. The van der Waals surface area contributed by atoms with E-state index in [1.807, 2.05) is 12.1 Å². The lowest BCUT2D eigenvalue weighted by Crippen LogP contribution is -2.46. The Balaban J connectivity index is 1.37. The summed E-state index contributed by atoms with van der Waals surface area (Å²) < 4.78 is 18.3. The van der Waals surface area contributed by atoms with E-state index < -0.39 is 0 Å². The van der Waals surface area contributed by atoms with Crippen molar-refractivity contribution in [2.45, 2.75) is 50.6 Å². The minimum Gasteiger partial charge on any atom is -0.484 e. The SMILES string of the molecule is O=C(COc1ccc(F)cc1)N[C@@H]1CCC[C@H](NC(=O)CCc2ccncc2)C1. The van der Waals surface area contributed by atoms with Gasteiger partial charge < -0.3 is 15.4 Å². The van der Waals surface area contributed by atoms with Crippen LogP contribution in [0.15, 0.2) is 48.8 Å². The lowest BCUT2D eigenvalue weighted by atomic mass is 9.90. The van der Waals surface area contributed by atoms with Gasteiger partial charge in [0.25, 0.3) is 5.91 Å². The minimum atomic E-state index is -0.349. The molecule has 154 valence electrons. The summed E-state index contributed by atoms with van der Waals surface area (Å²) in [5.41, 5.74) is 1.09. The van der Waals surface area contributed by atoms with Crippen LogP contribution in [0.25, 0.3) is 0 Å². The van der Waals surface area contributed by atoms with Gasteiger partial charge in [-0.3, -0.25) is 14.6 Å². The number of ether oxygens (including phenoxy) is 1. The standard InChI is InChI=1S/C22H26FN3O3/c23-17-5-7-20(8-6-17)29-15-22(28)26-19-3-1-2-18(14-19)25-21(27)9-4-16-10-12-24-13-11-16/h5-8,10-13,18-19H,1-4,9,14-15H2,(H,25,27)(H,26,28)/t18-,19+/m0/s1. The molecule has 1 aliphatic rings. The van der Waals surface area contributed by atoms with Gasteiger partial charge in [-0.25, -0.2) is 4.39 Å². The zero-order chi connectivity index (χ0) is 20.5. The molecule has 7 heteroatoms. The first-order valence-electron chi connectivity index (χ1n) is 9.94. The molecule has 1 aliphatic carbocycles. The Bertz CT molecular complexity index is 799. The molecule has 1 saturated carbocycles. The number of carbonyl (C=O) groups is 2. The number of hydrogen-bond donors (Lipinski definition) is 2. The largest absolute Gasteiger partial charge is 0.484 e. The molecule has 2 N–H and O–H groups in total. The van der Waals surface area contributed by atoms with Gasteiger partial charge in [0.05, 0.1) is 0 Å². The predicted molar refractivity (Wildman–Crippen MR) is 107 cm³/mol. The number of halogens is 1. The molecule has 29 heavy (non-hydrogen) atoms. The first kappa shape index (κ1) is 20.8. The molecule has 1 aromatic carbocycles. The molecule has 1 heterocycles. The fraction of sp³-hybridized carbons (Fsp3) is 0.409. The first-order chi connectivity index (χ1) is 14.1. The topological polar surface area (TPSA) is 80.3 Å². The second-order valence-corrected chi connectivity index (χ2v) is 7.29. The van der Waals surface area contributed by atoms with Crippen molar-refractivity contribution in [3.63, 3.8) is 0 Å². The predicted octanol–water partition coefficient (Wildman–Crippen LogP) is 2.78. The first-order valence-corrected chi connectivity index (χ1v) is 9.94. The Morgan fingerprint density at radius 2 is 1.66 bits per heavy atom. The van der Waals surface area contributed by atoms with Gasteiger partial charge in [0.2, 0.25) is 5.91 Å².